The minimum absolute atomic E-state index is 0.247. The second-order valence-electron chi connectivity index (χ2n) is 9.14. The number of benzene rings is 3. The minimum atomic E-state index is -0.687. The maximum Gasteiger partial charge on any atom is 0.271 e. The van der Waals surface area contributed by atoms with Crippen molar-refractivity contribution in [2.45, 2.75) is 26.8 Å². The van der Waals surface area contributed by atoms with Crippen molar-refractivity contribution < 1.29 is 14.3 Å². The predicted octanol–water partition coefficient (Wildman–Crippen LogP) is 6.20. The molecule has 210 valence electrons. The first-order chi connectivity index (χ1) is 19.8. The molecular weight excluding hydrogens is 670 g/mol. The Morgan fingerprint density at radius 1 is 1.05 bits per heavy atom. The van der Waals surface area contributed by atoms with E-state index >= 15 is 0 Å². The van der Waals surface area contributed by atoms with Crippen LogP contribution in [0.2, 0.25) is 0 Å². The summed E-state index contributed by atoms with van der Waals surface area (Å²) in [5, 5.41) is 2.98. The lowest BCUT2D eigenvalue weighted by Gasteiger charge is -2.25. The summed E-state index contributed by atoms with van der Waals surface area (Å²) in [6.45, 7) is 6.64. The number of allylic oxidation sites excluding steroid dienone is 1. The molecule has 0 unspecified atom stereocenters. The number of hydrogen-bond acceptors (Lipinski definition) is 6. The number of carbonyl (C=O) groups excluding carboxylic acids is 1. The molecule has 5 rings (SSSR count). The summed E-state index contributed by atoms with van der Waals surface area (Å²) in [4.78, 5) is 33.1. The van der Waals surface area contributed by atoms with Gasteiger partial charge in [0.25, 0.3) is 11.5 Å². The van der Waals surface area contributed by atoms with Gasteiger partial charge in [-0.3, -0.25) is 14.2 Å². The Morgan fingerprint density at radius 2 is 1.76 bits per heavy atom. The van der Waals surface area contributed by atoms with Crippen molar-refractivity contribution in [3.63, 3.8) is 0 Å². The third-order valence-electron chi connectivity index (χ3n) is 6.42. The number of thiazole rings is 1. The number of hydrogen-bond donors (Lipinski definition) is 1. The van der Waals surface area contributed by atoms with E-state index in [1.54, 1.807) is 11.5 Å². The highest BCUT2D eigenvalue weighted by atomic mass is 79.9. The minimum Gasteiger partial charge on any atom is -0.494 e. The fourth-order valence-electron chi connectivity index (χ4n) is 4.69. The summed E-state index contributed by atoms with van der Waals surface area (Å²) in [6.07, 6.45) is 1.81. The SMILES string of the molecule is CCOc1ccc([C@@H]2C(C(=O)Nc3ccccc3)=C(C)N=c3s/c(=C\c4cc(Br)cc(Br)c4OCC)c(=O)n32)cc1. The summed E-state index contributed by atoms with van der Waals surface area (Å²) in [6, 6.07) is 19.8. The topological polar surface area (TPSA) is 81.9 Å². The van der Waals surface area contributed by atoms with E-state index in [0.29, 0.717) is 51.0 Å². The summed E-state index contributed by atoms with van der Waals surface area (Å²) in [7, 11) is 0. The number of nitrogens with one attached hydrogen (secondary N) is 1. The lowest BCUT2D eigenvalue weighted by atomic mass is 9.95. The average Bonchev–Trinajstić information content (AvgIpc) is 3.25. The molecule has 41 heavy (non-hydrogen) atoms. The van der Waals surface area contributed by atoms with Crippen molar-refractivity contribution in [1.82, 2.24) is 4.57 Å². The van der Waals surface area contributed by atoms with Crippen LogP contribution in [0.5, 0.6) is 11.5 Å². The largest absolute Gasteiger partial charge is 0.494 e. The zero-order valence-corrected chi connectivity index (χ0v) is 26.6. The zero-order valence-electron chi connectivity index (χ0n) is 22.6. The summed E-state index contributed by atoms with van der Waals surface area (Å²) >= 11 is 8.38. The molecule has 0 saturated heterocycles. The molecule has 2 heterocycles. The fourth-order valence-corrected chi connectivity index (χ4v) is 7.10. The van der Waals surface area contributed by atoms with Crippen LogP contribution in [0.1, 0.15) is 37.9 Å². The molecule has 1 aromatic heterocycles. The van der Waals surface area contributed by atoms with Crippen molar-refractivity contribution in [3.05, 3.63) is 118 Å². The van der Waals surface area contributed by atoms with Crippen LogP contribution in [0.25, 0.3) is 6.08 Å². The molecule has 7 nitrogen and oxygen atoms in total. The molecule has 3 aromatic carbocycles. The number of rotatable bonds is 8. The van der Waals surface area contributed by atoms with Crippen molar-refractivity contribution in [2.75, 3.05) is 18.5 Å². The molecule has 1 aliphatic rings. The molecule has 1 aliphatic heterocycles. The Balaban J connectivity index is 1.68. The van der Waals surface area contributed by atoms with Gasteiger partial charge in [-0.15, -0.1) is 0 Å². The zero-order chi connectivity index (χ0) is 29.1. The van der Waals surface area contributed by atoms with Crippen LogP contribution in [0.15, 0.2) is 96.7 Å². The molecule has 0 saturated carbocycles. The first-order valence-electron chi connectivity index (χ1n) is 13.0. The van der Waals surface area contributed by atoms with Gasteiger partial charge in [-0.25, -0.2) is 4.99 Å². The van der Waals surface area contributed by atoms with Gasteiger partial charge in [0.1, 0.15) is 11.5 Å². The molecule has 0 spiro atoms. The van der Waals surface area contributed by atoms with Crippen LogP contribution in [-0.4, -0.2) is 23.7 Å². The molecule has 1 amide bonds. The van der Waals surface area contributed by atoms with E-state index in [1.165, 1.54) is 11.3 Å². The van der Waals surface area contributed by atoms with Crippen LogP contribution < -0.4 is 29.7 Å². The van der Waals surface area contributed by atoms with Crippen molar-refractivity contribution in [2.24, 2.45) is 4.99 Å². The van der Waals surface area contributed by atoms with Gasteiger partial charge >= 0.3 is 0 Å². The van der Waals surface area contributed by atoms with Gasteiger partial charge in [-0.2, -0.15) is 0 Å². The third-order valence-corrected chi connectivity index (χ3v) is 8.45. The number of anilines is 1. The smallest absolute Gasteiger partial charge is 0.271 e. The second-order valence-corrected chi connectivity index (χ2v) is 11.9. The number of fused-ring (bicyclic) bond motifs is 1. The Kier molecular flexibility index (Phi) is 8.91. The number of nitrogens with zero attached hydrogens (tertiary/aromatic N) is 2. The highest BCUT2D eigenvalue weighted by molar-refractivity contribution is 9.11. The normalized spacial score (nSPS) is 14.9. The van der Waals surface area contributed by atoms with Crippen LogP contribution in [-0.2, 0) is 4.79 Å². The fraction of sp³-hybridized carbons (Fsp3) is 0.194. The summed E-state index contributed by atoms with van der Waals surface area (Å²) in [5.41, 5.74) is 2.87. The number of ether oxygens (including phenoxy) is 2. The van der Waals surface area contributed by atoms with Crippen LogP contribution in [0, 0.1) is 0 Å². The van der Waals surface area contributed by atoms with E-state index in [1.807, 2.05) is 86.7 Å². The molecule has 0 aliphatic carbocycles. The van der Waals surface area contributed by atoms with Crippen LogP contribution in [0.4, 0.5) is 5.69 Å². The first kappa shape index (κ1) is 29.0. The van der Waals surface area contributed by atoms with E-state index in [2.05, 4.69) is 37.2 Å². The Hall–Kier alpha value is -3.47. The van der Waals surface area contributed by atoms with Gasteiger partial charge in [0.2, 0.25) is 0 Å². The van der Waals surface area contributed by atoms with Gasteiger partial charge in [-0.1, -0.05) is 57.6 Å². The highest BCUT2D eigenvalue weighted by Crippen LogP contribution is 2.34. The van der Waals surface area contributed by atoms with Crippen molar-refractivity contribution >= 4 is 60.9 Å². The molecular formula is C31H27Br2N3O4S. The third kappa shape index (κ3) is 6.10. The number of para-hydroxylation sites is 1. The van der Waals surface area contributed by atoms with Gasteiger partial charge in [-0.05, 0) is 84.7 Å². The van der Waals surface area contributed by atoms with E-state index in [-0.39, 0.29) is 11.5 Å². The van der Waals surface area contributed by atoms with Gasteiger partial charge in [0.15, 0.2) is 4.80 Å². The monoisotopic (exact) mass is 695 g/mol. The summed E-state index contributed by atoms with van der Waals surface area (Å²) < 4.78 is 15.2. The molecule has 0 bridgehead atoms. The average molecular weight is 697 g/mol. The second kappa shape index (κ2) is 12.6. The summed E-state index contributed by atoms with van der Waals surface area (Å²) in [5.74, 6) is 1.03. The number of amides is 1. The predicted molar refractivity (Wildman–Crippen MR) is 169 cm³/mol. The van der Waals surface area contributed by atoms with Gasteiger partial charge in [0, 0.05) is 15.7 Å². The van der Waals surface area contributed by atoms with E-state index in [9.17, 15) is 9.59 Å². The van der Waals surface area contributed by atoms with Crippen LogP contribution in [0.3, 0.4) is 0 Å². The van der Waals surface area contributed by atoms with E-state index in [0.717, 1.165) is 20.1 Å². The highest BCUT2D eigenvalue weighted by Gasteiger charge is 2.32. The van der Waals surface area contributed by atoms with Crippen molar-refractivity contribution in [3.8, 4) is 11.5 Å². The molecule has 0 fully saturated rings. The molecule has 1 N–H and O–H groups in total. The number of aromatic nitrogens is 1. The standard InChI is InChI=1S/C31H27Br2N3O4S/c1-4-39-23-13-11-19(12-14-23)27-26(29(37)35-22-9-7-6-8-10-22)18(3)34-31-36(27)30(38)25(41-31)16-20-15-21(32)17-24(33)28(20)40-5-2/h6-17,27H,4-5H2,1-3H3,(H,35,37)/b25-16-/t27-/m1/s1. The lowest BCUT2D eigenvalue weighted by Crippen LogP contribution is -2.40. The van der Waals surface area contributed by atoms with Gasteiger partial charge < -0.3 is 14.8 Å². The lowest BCUT2D eigenvalue weighted by molar-refractivity contribution is -0.113. The Morgan fingerprint density at radius 3 is 2.44 bits per heavy atom. The first-order valence-corrected chi connectivity index (χ1v) is 15.4. The molecule has 10 heteroatoms. The van der Waals surface area contributed by atoms with Gasteiger partial charge in [0.05, 0.1) is 39.5 Å². The molecule has 0 radical (unpaired) electrons. The van der Waals surface area contributed by atoms with Crippen molar-refractivity contribution in [1.29, 1.82) is 0 Å². The van der Waals surface area contributed by atoms with Crippen LogP contribution >= 0.6 is 43.2 Å². The Labute approximate surface area is 258 Å². The van der Waals surface area contributed by atoms with E-state index < -0.39 is 6.04 Å². The molecule has 1 atom stereocenters. The Bertz CT molecular complexity index is 1810. The number of halogens is 2. The number of carbonyl (C=O) groups is 1. The van der Waals surface area contributed by atoms with E-state index in [4.69, 9.17) is 14.5 Å². The maximum absolute atomic E-state index is 14.1. The molecule has 4 aromatic rings. The maximum atomic E-state index is 14.1. The quantitative estimate of drug-likeness (QED) is 0.238.